The molecule has 0 aliphatic carbocycles. The third-order valence-corrected chi connectivity index (χ3v) is 4.48. The topological polar surface area (TPSA) is 21.3 Å². The maximum atomic E-state index is 6.02. The summed E-state index contributed by atoms with van der Waals surface area (Å²) in [6.45, 7) is 1.66. The van der Waals surface area contributed by atoms with E-state index in [9.17, 15) is 0 Å². The fourth-order valence-corrected chi connectivity index (χ4v) is 3.57. The van der Waals surface area contributed by atoms with Gasteiger partial charge in [-0.05, 0) is 29.6 Å². The van der Waals surface area contributed by atoms with E-state index in [1.54, 1.807) is 11.3 Å². The maximum Gasteiger partial charge on any atom is 0.104 e. The summed E-state index contributed by atoms with van der Waals surface area (Å²) in [6, 6.07) is 12.9. The molecule has 2 heterocycles. The largest absolute Gasteiger partial charge is 0.370 e. The molecule has 2 aromatic rings. The van der Waals surface area contributed by atoms with Gasteiger partial charge in [0.1, 0.15) is 6.10 Å². The molecule has 0 radical (unpaired) electrons. The zero-order valence-corrected chi connectivity index (χ0v) is 11.2. The summed E-state index contributed by atoms with van der Waals surface area (Å²) in [4.78, 5) is 1.38. The van der Waals surface area contributed by atoms with Gasteiger partial charge in [-0.2, -0.15) is 0 Å². The fourth-order valence-electron chi connectivity index (χ4n) is 2.56. The summed E-state index contributed by atoms with van der Waals surface area (Å²) in [7, 11) is 1.97. The number of rotatable bonds is 3. The molecule has 1 aliphatic rings. The first-order valence-corrected chi connectivity index (χ1v) is 7.16. The molecule has 2 nitrogen and oxygen atoms in total. The van der Waals surface area contributed by atoms with Crippen LogP contribution >= 0.6 is 11.3 Å². The van der Waals surface area contributed by atoms with Gasteiger partial charge in [-0.25, -0.2) is 0 Å². The number of hydrogen-bond donors (Lipinski definition) is 1. The molecule has 3 rings (SSSR count). The highest BCUT2D eigenvalue weighted by molar-refractivity contribution is 7.10. The van der Waals surface area contributed by atoms with E-state index in [0.29, 0.717) is 5.92 Å². The SMILES string of the molecule is CNCC1OCC(c2ccccc2)c2ccsc21. The van der Waals surface area contributed by atoms with Crippen molar-refractivity contribution in [1.29, 1.82) is 0 Å². The van der Waals surface area contributed by atoms with Crippen LogP contribution in [-0.2, 0) is 4.74 Å². The van der Waals surface area contributed by atoms with Crippen LogP contribution in [0.25, 0.3) is 0 Å². The third-order valence-electron chi connectivity index (χ3n) is 3.45. The Bertz CT molecular complexity index is 508. The Morgan fingerprint density at radius 1 is 1.28 bits per heavy atom. The van der Waals surface area contributed by atoms with Gasteiger partial charge in [0.25, 0.3) is 0 Å². The van der Waals surface area contributed by atoms with E-state index in [0.717, 1.165) is 13.2 Å². The predicted molar refractivity (Wildman–Crippen MR) is 75.2 cm³/mol. The molecule has 1 aliphatic heterocycles. The molecule has 3 heteroatoms. The molecule has 0 spiro atoms. The summed E-state index contributed by atoms with van der Waals surface area (Å²) in [5.74, 6) is 0.389. The van der Waals surface area contributed by atoms with Crippen molar-refractivity contribution in [1.82, 2.24) is 5.32 Å². The van der Waals surface area contributed by atoms with Crippen LogP contribution in [0.4, 0.5) is 0 Å². The van der Waals surface area contributed by atoms with Crippen molar-refractivity contribution < 1.29 is 4.74 Å². The van der Waals surface area contributed by atoms with E-state index in [2.05, 4.69) is 47.1 Å². The molecule has 0 saturated heterocycles. The molecule has 1 aromatic carbocycles. The predicted octanol–water partition coefficient (Wildman–Crippen LogP) is 3.17. The second-order valence-corrected chi connectivity index (χ2v) is 5.53. The summed E-state index contributed by atoms with van der Waals surface area (Å²) >= 11 is 1.81. The van der Waals surface area contributed by atoms with Crippen LogP contribution in [0, 0.1) is 0 Å². The standard InChI is InChI=1S/C15H17NOS/c1-16-9-14-15-12(7-8-18-15)13(10-17-14)11-5-3-2-4-6-11/h2-8,13-14,16H,9-10H2,1H3. The summed E-state index contributed by atoms with van der Waals surface area (Å²) in [5, 5.41) is 5.38. The van der Waals surface area contributed by atoms with Gasteiger partial charge in [0.15, 0.2) is 0 Å². The van der Waals surface area contributed by atoms with E-state index >= 15 is 0 Å². The van der Waals surface area contributed by atoms with Crippen LogP contribution in [0.1, 0.15) is 28.0 Å². The van der Waals surface area contributed by atoms with Crippen molar-refractivity contribution in [2.45, 2.75) is 12.0 Å². The fraction of sp³-hybridized carbons (Fsp3) is 0.333. The summed E-state index contributed by atoms with van der Waals surface area (Å²) < 4.78 is 6.02. The van der Waals surface area contributed by atoms with Crippen molar-refractivity contribution in [2.24, 2.45) is 0 Å². The molecule has 0 saturated carbocycles. The molecule has 1 aromatic heterocycles. The van der Waals surface area contributed by atoms with E-state index in [1.807, 2.05) is 7.05 Å². The van der Waals surface area contributed by atoms with Crippen LogP contribution in [0.2, 0.25) is 0 Å². The van der Waals surface area contributed by atoms with Gasteiger partial charge in [0.05, 0.1) is 6.61 Å². The Labute approximate surface area is 112 Å². The van der Waals surface area contributed by atoms with Crippen molar-refractivity contribution in [3.05, 3.63) is 57.8 Å². The minimum atomic E-state index is 0.213. The number of thiophene rings is 1. The first-order valence-electron chi connectivity index (χ1n) is 6.28. The van der Waals surface area contributed by atoms with Crippen molar-refractivity contribution in [2.75, 3.05) is 20.2 Å². The maximum absolute atomic E-state index is 6.02. The Morgan fingerprint density at radius 3 is 2.89 bits per heavy atom. The molecular formula is C15H17NOS. The lowest BCUT2D eigenvalue weighted by Gasteiger charge is -2.29. The molecule has 0 fully saturated rings. The molecular weight excluding hydrogens is 242 g/mol. The van der Waals surface area contributed by atoms with Gasteiger partial charge >= 0.3 is 0 Å². The van der Waals surface area contributed by atoms with Gasteiger partial charge in [-0.1, -0.05) is 30.3 Å². The molecule has 0 amide bonds. The molecule has 2 atom stereocenters. The minimum absolute atomic E-state index is 0.213. The molecule has 94 valence electrons. The Hall–Kier alpha value is -1.16. The first-order chi connectivity index (χ1) is 8.90. The average Bonchev–Trinajstić information content (AvgIpc) is 2.90. The number of benzene rings is 1. The number of ether oxygens (including phenoxy) is 1. The normalized spacial score (nSPS) is 22.7. The Kier molecular flexibility index (Phi) is 3.46. The van der Waals surface area contributed by atoms with Gasteiger partial charge < -0.3 is 10.1 Å². The lowest BCUT2D eigenvalue weighted by molar-refractivity contribution is 0.0383. The smallest absolute Gasteiger partial charge is 0.104 e. The highest BCUT2D eigenvalue weighted by Crippen LogP contribution is 2.40. The van der Waals surface area contributed by atoms with Crippen molar-refractivity contribution >= 4 is 11.3 Å². The lowest BCUT2D eigenvalue weighted by Crippen LogP contribution is -2.26. The zero-order chi connectivity index (χ0) is 12.4. The van der Waals surface area contributed by atoms with Crippen LogP contribution in [-0.4, -0.2) is 20.2 Å². The van der Waals surface area contributed by atoms with Crippen molar-refractivity contribution in [3.8, 4) is 0 Å². The van der Waals surface area contributed by atoms with Crippen LogP contribution in [0.3, 0.4) is 0 Å². The van der Waals surface area contributed by atoms with E-state index in [1.165, 1.54) is 16.0 Å². The highest BCUT2D eigenvalue weighted by atomic mass is 32.1. The van der Waals surface area contributed by atoms with E-state index in [-0.39, 0.29) is 6.10 Å². The van der Waals surface area contributed by atoms with Crippen LogP contribution in [0.5, 0.6) is 0 Å². The molecule has 2 unspecified atom stereocenters. The quantitative estimate of drug-likeness (QED) is 0.914. The molecule has 18 heavy (non-hydrogen) atoms. The van der Waals surface area contributed by atoms with Gasteiger partial charge in [-0.15, -0.1) is 11.3 Å². The van der Waals surface area contributed by atoms with E-state index in [4.69, 9.17) is 4.74 Å². The van der Waals surface area contributed by atoms with Crippen LogP contribution < -0.4 is 5.32 Å². The monoisotopic (exact) mass is 259 g/mol. The summed E-state index contributed by atoms with van der Waals surface area (Å²) in [6.07, 6.45) is 0.213. The lowest BCUT2D eigenvalue weighted by atomic mass is 9.89. The van der Waals surface area contributed by atoms with Crippen molar-refractivity contribution in [3.63, 3.8) is 0 Å². The molecule has 1 N–H and O–H groups in total. The van der Waals surface area contributed by atoms with Crippen LogP contribution in [0.15, 0.2) is 41.8 Å². The second-order valence-electron chi connectivity index (χ2n) is 4.58. The average molecular weight is 259 g/mol. The summed E-state index contributed by atoms with van der Waals surface area (Å²) in [5.41, 5.74) is 2.79. The second kappa shape index (κ2) is 5.22. The number of nitrogens with one attached hydrogen (secondary N) is 1. The number of fused-ring (bicyclic) bond motifs is 1. The first kappa shape index (κ1) is 11.9. The molecule has 0 bridgehead atoms. The Morgan fingerprint density at radius 2 is 2.11 bits per heavy atom. The highest BCUT2D eigenvalue weighted by Gasteiger charge is 2.29. The van der Waals surface area contributed by atoms with Gasteiger partial charge in [0.2, 0.25) is 0 Å². The number of hydrogen-bond acceptors (Lipinski definition) is 3. The minimum Gasteiger partial charge on any atom is -0.370 e. The zero-order valence-electron chi connectivity index (χ0n) is 10.4. The van der Waals surface area contributed by atoms with Gasteiger partial charge in [-0.3, -0.25) is 0 Å². The van der Waals surface area contributed by atoms with Gasteiger partial charge in [0, 0.05) is 17.3 Å². The Balaban J connectivity index is 1.94. The van der Waals surface area contributed by atoms with E-state index < -0.39 is 0 Å². The number of likely N-dealkylation sites (N-methyl/N-ethyl adjacent to an activating group) is 1. The third kappa shape index (κ3) is 2.09.